The van der Waals surface area contributed by atoms with Gasteiger partial charge in [0.25, 0.3) is 0 Å². The number of nitrogens with zero attached hydrogens (tertiary/aromatic N) is 2. The van der Waals surface area contributed by atoms with E-state index in [2.05, 4.69) is 22.3 Å². The van der Waals surface area contributed by atoms with Crippen molar-refractivity contribution in [1.29, 1.82) is 0 Å². The summed E-state index contributed by atoms with van der Waals surface area (Å²) in [6.07, 6.45) is -4.08. The lowest BCUT2D eigenvalue weighted by Crippen LogP contribution is -2.50. The molecule has 1 heterocycles. The molecule has 3 nitrogen and oxygen atoms in total. The molecule has 0 atom stereocenters. The molecular weight excluding hydrogens is 279 g/mol. The topological polar surface area (TPSA) is 18.5 Å². The van der Waals surface area contributed by atoms with E-state index in [0.717, 1.165) is 19.6 Å². The fraction of sp³-hybridized carbons (Fsp3) is 0.600. The quantitative estimate of drug-likeness (QED) is 0.810. The molecule has 0 saturated carbocycles. The molecule has 0 amide bonds. The van der Waals surface area contributed by atoms with Gasteiger partial charge in [0.2, 0.25) is 0 Å². The molecule has 0 aromatic heterocycles. The first-order chi connectivity index (χ1) is 10.0. The van der Waals surface area contributed by atoms with E-state index in [1.165, 1.54) is 10.5 Å². The van der Waals surface area contributed by atoms with Gasteiger partial charge in [0, 0.05) is 45.8 Å². The Hall–Kier alpha value is -1.11. The standard InChI is InChI=1S/C15H22F3N3/c16-15(17,18)13-21-10-8-20(9-11-21)7-6-19-12-14-4-2-1-3-5-14/h1-5,19H,6-13H2. The first kappa shape index (κ1) is 16.3. The highest BCUT2D eigenvalue weighted by atomic mass is 19.4. The summed E-state index contributed by atoms with van der Waals surface area (Å²) in [5, 5.41) is 3.36. The van der Waals surface area contributed by atoms with Crippen LogP contribution in [0.3, 0.4) is 0 Å². The van der Waals surface area contributed by atoms with Gasteiger partial charge in [-0.1, -0.05) is 30.3 Å². The van der Waals surface area contributed by atoms with E-state index in [9.17, 15) is 13.2 Å². The first-order valence-electron chi connectivity index (χ1n) is 7.29. The molecule has 0 aliphatic carbocycles. The van der Waals surface area contributed by atoms with Gasteiger partial charge in [-0.3, -0.25) is 9.80 Å². The van der Waals surface area contributed by atoms with Crippen LogP contribution in [0, 0.1) is 0 Å². The van der Waals surface area contributed by atoms with Crippen LogP contribution in [0.25, 0.3) is 0 Å². The summed E-state index contributed by atoms with van der Waals surface area (Å²) in [5.41, 5.74) is 1.24. The molecule has 2 rings (SSSR count). The number of benzene rings is 1. The average molecular weight is 301 g/mol. The van der Waals surface area contributed by atoms with E-state index in [1.54, 1.807) is 0 Å². The van der Waals surface area contributed by atoms with Crippen LogP contribution in [0.1, 0.15) is 5.56 Å². The molecule has 0 unspecified atom stereocenters. The van der Waals surface area contributed by atoms with Crippen molar-refractivity contribution in [3.05, 3.63) is 35.9 Å². The fourth-order valence-corrected chi connectivity index (χ4v) is 2.49. The van der Waals surface area contributed by atoms with Gasteiger partial charge in [0.15, 0.2) is 0 Å². The van der Waals surface area contributed by atoms with Gasteiger partial charge in [0.1, 0.15) is 0 Å². The van der Waals surface area contributed by atoms with Gasteiger partial charge < -0.3 is 5.32 Å². The molecule has 1 aliphatic heterocycles. The van der Waals surface area contributed by atoms with E-state index >= 15 is 0 Å². The lowest BCUT2D eigenvalue weighted by atomic mass is 10.2. The van der Waals surface area contributed by atoms with Crippen LogP contribution >= 0.6 is 0 Å². The SMILES string of the molecule is FC(F)(F)CN1CCN(CCNCc2ccccc2)CC1. The number of halogens is 3. The Bertz CT molecular complexity index is 400. The first-order valence-corrected chi connectivity index (χ1v) is 7.29. The predicted molar refractivity (Wildman–Crippen MR) is 77.1 cm³/mol. The molecule has 0 radical (unpaired) electrons. The molecule has 1 saturated heterocycles. The van der Waals surface area contributed by atoms with Gasteiger partial charge in [-0.15, -0.1) is 0 Å². The second-order valence-corrected chi connectivity index (χ2v) is 5.40. The highest BCUT2D eigenvalue weighted by molar-refractivity contribution is 5.14. The second-order valence-electron chi connectivity index (χ2n) is 5.40. The van der Waals surface area contributed by atoms with Gasteiger partial charge in [0.05, 0.1) is 6.54 Å². The zero-order valence-electron chi connectivity index (χ0n) is 12.1. The Morgan fingerprint density at radius 3 is 2.19 bits per heavy atom. The van der Waals surface area contributed by atoms with Gasteiger partial charge in [-0.05, 0) is 5.56 Å². The highest BCUT2D eigenvalue weighted by Gasteiger charge is 2.31. The molecule has 1 aromatic rings. The third kappa shape index (κ3) is 6.46. The van der Waals surface area contributed by atoms with Crippen LogP contribution in [-0.4, -0.2) is 61.8 Å². The Labute approximate surface area is 123 Å². The summed E-state index contributed by atoms with van der Waals surface area (Å²) < 4.78 is 36.8. The number of piperazine rings is 1. The minimum absolute atomic E-state index is 0.498. The lowest BCUT2D eigenvalue weighted by Gasteiger charge is -2.34. The third-order valence-electron chi connectivity index (χ3n) is 3.64. The molecule has 1 aliphatic rings. The van der Waals surface area contributed by atoms with Crippen molar-refractivity contribution in [2.75, 3.05) is 45.8 Å². The second kappa shape index (κ2) is 7.77. The van der Waals surface area contributed by atoms with Crippen LogP contribution in [0.15, 0.2) is 30.3 Å². The summed E-state index contributed by atoms with van der Waals surface area (Å²) in [7, 11) is 0. The number of rotatable bonds is 6. The Morgan fingerprint density at radius 2 is 1.57 bits per heavy atom. The van der Waals surface area contributed by atoms with Crippen molar-refractivity contribution in [1.82, 2.24) is 15.1 Å². The molecule has 1 fully saturated rings. The van der Waals surface area contributed by atoms with Crippen LogP contribution < -0.4 is 5.32 Å². The average Bonchev–Trinajstić information content (AvgIpc) is 2.45. The zero-order chi connectivity index (χ0) is 15.1. The summed E-state index contributed by atoms with van der Waals surface area (Å²) in [6, 6.07) is 10.2. The molecule has 118 valence electrons. The summed E-state index contributed by atoms with van der Waals surface area (Å²) in [6.45, 7) is 4.20. The van der Waals surface area contributed by atoms with E-state index in [0.29, 0.717) is 26.2 Å². The normalized spacial score (nSPS) is 18.0. The lowest BCUT2D eigenvalue weighted by molar-refractivity contribution is -0.149. The molecule has 0 bridgehead atoms. The third-order valence-corrected chi connectivity index (χ3v) is 3.64. The Kier molecular flexibility index (Phi) is 6.02. The molecule has 1 aromatic carbocycles. The van der Waals surface area contributed by atoms with E-state index < -0.39 is 12.7 Å². The number of hydrogen-bond donors (Lipinski definition) is 1. The van der Waals surface area contributed by atoms with E-state index in [-0.39, 0.29) is 0 Å². The zero-order valence-corrected chi connectivity index (χ0v) is 12.1. The van der Waals surface area contributed by atoms with Crippen molar-refractivity contribution in [3.8, 4) is 0 Å². The minimum atomic E-state index is -4.08. The largest absolute Gasteiger partial charge is 0.401 e. The summed E-state index contributed by atoms with van der Waals surface area (Å²) >= 11 is 0. The number of hydrogen-bond acceptors (Lipinski definition) is 3. The maximum Gasteiger partial charge on any atom is 0.401 e. The smallest absolute Gasteiger partial charge is 0.311 e. The van der Waals surface area contributed by atoms with Gasteiger partial charge in [-0.25, -0.2) is 0 Å². The van der Waals surface area contributed by atoms with Crippen LogP contribution in [0.4, 0.5) is 13.2 Å². The molecule has 0 spiro atoms. The molecular formula is C15H22F3N3. The summed E-state index contributed by atoms with van der Waals surface area (Å²) in [4.78, 5) is 3.69. The number of nitrogens with one attached hydrogen (secondary N) is 1. The van der Waals surface area contributed by atoms with Crippen molar-refractivity contribution in [2.45, 2.75) is 12.7 Å². The summed E-state index contributed by atoms with van der Waals surface area (Å²) in [5.74, 6) is 0. The molecule has 1 N–H and O–H groups in total. The van der Waals surface area contributed by atoms with E-state index in [1.807, 2.05) is 18.2 Å². The van der Waals surface area contributed by atoms with Crippen molar-refractivity contribution in [2.24, 2.45) is 0 Å². The van der Waals surface area contributed by atoms with Crippen molar-refractivity contribution in [3.63, 3.8) is 0 Å². The van der Waals surface area contributed by atoms with Crippen molar-refractivity contribution < 1.29 is 13.2 Å². The maximum absolute atomic E-state index is 12.3. The maximum atomic E-state index is 12.3. The van der Waals surface area contributed by atoms with Crippen LogP contribution in [0.2, 0.25) is 0 Å². The number of alkyl halides is 3. The molecule has 6 heteroatoms. The Morgan fingerprint density at radius 1 is 0.952 bits per heavy atom. The monoisotopic (exact) mass is 301 g/mol. The minimum Gasteiger partial charge on any atom is -0.311 e. The predicted octanol–water partition coefficient (Wildman–Crippen LogP) is 1.96. The van der Waals surface area contributed by atoms with Crippen LogP contribution in [0.5, 0.6) is 0 Å². The van der Waals surface area contributed by atoms with Crippen LogP contribution in [-0.2, 0) is 6.54 Å². The van der Waals surface area contributed by atoms with E-state index in [4.69, 9.17) is 0 Å². The highest BCUT2D eigenvalue weighted by Crippen LogP contribution is 2.17. The van der Waals surface area contributed by atoms with Crippen molar-refractivity contribution >= 4 is 0 Å². The van der Waals surface area contributed by atoms with Gasteiger partial charge >= 0.3 is 6.18 Å². The Balaban J connectivity index is 1.57. The fourth-order valence-electron chi connectivity index (χ4n) is 2.49. The molecule has 21 heavy (non-hydrogen) atoms. The van der Waals surface area contributed by atoms with Gasteiger partial charge in [-0.2, -0.15) is 13.2 Å².